The van der Waals surface area contributed by atoms with Gasteiger partial charge in [-0.15, -0.1) is 0 Å². The first-order chi connectivity index (χ1) is 14.2. The number of guanidine groups is 1. The summed E-state index contributed by atoms with van der Waals surface area (Å²) in [5, 5.41) is 7.60. The van der Waals surface area contributed by atoms with Crippen LogP contribution in [0.5, 0.6) is 5.75 Å². The summed E-state index contributed by atoms with van der Waals surface area (Å²) < 4.78 is 10.6. The highest BCUT2D eigenvalue weighted by atomic mass is 16.5. The molecule has 2 aromatic rings. The van der Waals surface area contributed by atoms with Crippen LogP contribution in [0.1, 0.15) is 44.9 Å². The first kappa shape index (κ1) is 21.1. The first-order valence-corrected chi connectivity index (χ1v) is 10.6. The number of aryl methyl sites for hydroxylation is 1. The lowest BCUT2D eigenvalue weighted by molar-refractivity contribution is 0.266. The average Bonchev–Trinajstić information content (AvgIpc) is 3.22. The van der Waals surface area contributed by atoms with Crippen LogP contribution in [0.4, 0.5) is 0 Å². The van der Waals surface area contributed by atoms with E-state index >= 15 is 0 Å². The van der Waals surface area contributed by atoms with Crippen molar-refractivity contribution in [2.24, 2.45) is 10.9 Å². The molecule has 0 aliphatic carbocycles. The summed E-state index contributed by atoms with van der Waals surface area (Å²) >= 11 is 0. The minimum Gasteiger partial charge on any atom is -0.497 e. The van der Waals surface area contributed by atoms with Crippen LogP contribution in [0.25, 0.3) is 11.4 Å². The Morgan fingerprint density at radius 2 is 2.10 bits per heavy atom. The van der Waals surface area contributed by atoms with Crippen molar-refractivity contribution in [1.29, 1.82) is 0 Å². The molecule has 0 bridgehead atoms. The third kappa shape index (κ3) is 6.21. The van der Waals surface area contributed by atoms with Crippen LogP contribution in [0, 0.1) is 5.92 Å². The number of piperidine rings is 1. The molecule has 1 N–H and O–H groups in total. The topological polar surface area (TPSA) is 75.8 Å². The third-order valence-corrected chi connectivity index (χ3v) is 5.34. The van der Waals surface area contributed by atoms with E-state index < -0.39 is 0 Å². The van der Waals surface area contributed by atoms with Gasteiger partial charge in [0.15, 0.2) is 5.96 Å². The van der Waals surface area contributed by atoms with Crippen molar-refractivity contribution in [2.75, 3.05) is 33.8 Å². The lowest BCUT2D eigenvalue weighted by atomic mass is 10.0. The Morgan fingerprint density at radius 3 is 2.83 bits per heavy atom. The van der Waals surface area contributed by atoms with Gasteiger partial charge in [0, 0.05) is 38.7 Å². The van der Waals surface area contributed by atoms with Gasteiger partial charge in [0.25, 0.3) is 0 Å². The van der Waals surface area contributed by atoms with Crippen molar-refractivity contribution in [2.45, 2.75) is 45.4 Å². The first-order valence-electron chi connectivity index (χ1n) is 10.6. The summed E-state index contributed by atoms with van der Waals surface area (Å²) in [6, 6.07) is 7.68. The van der Waals surface area contributed by atoms with Crippen molar-refractivity contribution >= 4 is 5.96 Å². The summed E-state index contributed by atoms with van der Waals surface area (Å²) in [6.07, 6.45) is 6.63. The number of likely N-dealkylation sites (tertiary alicyclic amines) is 1. The van der Waals surface area contributed by atoms with Gasteiger partial charge in [-0.25, -0.2) is 0 Å². The molecule has 0 amide bonds. The maximum atomic E-state index is 5.39. The number of nitrogens with zero attached hydrogens (tertiary/aromatic N) is 4. The van der Waals surface area contributed by atoms with Gasteiger partial charge >= 0.3 is 0 Å². The highest BCUT2D eigenvalue weighted by Gasteiger charge is 2.18. The van der Waals surface area contributed by atoms with Gasteiger partial charge in [-0.05, 0) is 55.9 Å². The fourth-order valence-corrected chi connectivity index (χ4v) is 3.71. The van der Waals surface area contributed by atoms with E-state index in [1.807, 2.05) is 31.3 Å². The lowest BCUT2D eigenvalue weighted by Gasteiger charge is -2.33. The molecule has 158 valence electrons. The predicted octanol–water partition coefficient (Wildman–Crippen LogP) is 3.77. The van der Waals surface area contributed by atoms with E-state index in [-0.39, 0.29) is 0 Å². The van der Waals surface area contributed by atoms with Crippen molar-refractivity contribution in [1.82, 2.24) is 20.4 Å². The minimum absolute atomic E-state index is 0.629. The molecule has 1 aromatic heterocycles. The van der Waals surface area contributed by atoms with Crippen molar-refractivity contribution in [3.63, 3.8) is 0 Å². The van der Waals surface area contributed by atoms with Crippen LogP contribution in [-0.2, 0) is 6.42 Å². The van der Waals surface area contributed by atoms with Crippen molar-refractivity contribution in [3.05, 3.63) is 30.2 Å². The molecule has 1 aromatic carbocycles. The second-order valence-corrected chi connectivity index (χ2v) is 7.72. The van der Waals surface area contributed by atoms with Gasteiger partial charge in [0.1, 0.15) is 5.75 Å². The molecule has 0 spiro atoms. The molecular weight excluding hydrogens is 366 g/mol. The zero-order valence-electron chi connectivity index (χ0n) is 17.9. The normalized spacial score (nSPS) is 17.4. The second kappa shape index (κ2) is 10.8. The molecule has 1 unspecified atom stereocenters. The van der Waals surface area contributed by atoms with E-state index in [1.54, 1.807) is 7.11 Å². The summed E-state index contributed by atoms with van der Waals surface area (Å²) in [4.78, 5) is 11.3. The van der Waals surface area contributed by atoms with Crippen LogP contribution >= 0.6 is 0 Å². The molecule has 7 heteroatoms. The number of rotatable bonds is 8. The third-order valence-electron chi connectivity index (χ3n) is 5.34. The van der Waals surface area contributed by atoms with Crippen LogP contribution in [0.2, 0.25) is 0 Å². The number of hydrogen-bond donors (Lipinski definition) is 1. The summed E-state index contributed by atoms with van der Waals surface area (Å²) in [5.74, 6) is 3.93. The van der Waals surface area contributed by atoms with E-state index in [2.05, 4.69) is 32.3 Å². The summed E-state index contributed by atoms with van der Waals surface area (Å²) in [5.41, 5.74) is 0.934. The van der Waals surface area contributed by atoms with E-state index in [1.165, 1.54) is 12.8 Å². The van der Waals surface area contributed by atoms with Gasteiger partial charge in [-0.2, -0.15) is 4.98 Å². The zero-order chi connectivity index (χ0) is 20.5. The molecule has 29 heavy (non-hydrogen) atoms. The fourth-order valence-electron chi connectivity index (χ4n) is 3.71. The number of methoxy groups -OCH3 is 1. The second-order valence-electron chi connectivity index (χ2n) is 7.72. The fraction of sp³-hybridized carbons (Fsp3) is 0.591. The number of nitrogens with one attached hydrogen (secondary N) is 1. The van der Waals surface area contributed by atoms with Gasteiger partial charge < -0.3 is 19.5 Å². The van der Waals surface area contributed by atoms with Gasteiger partial charge in [-0.1, -0.05) is 18.5 Å². The highest BCUT2D eigenvalue weighted by molar-refractivity contribution is 5.79. The number of hydrogen-bond acceptors (Lipinski definition) is 5. The predicted molar refractivity (Wildman–Crippen MR) is 115 cm³/mol. The minimum atomic E-state index is 0.629. The number of benzene rings is 1. The Balaban J connectivity index is 1.35. The Labute approximate surface area is 173 Å². The Bertz CT molecular complexity index is 772. The SMILES string of the molecule is CN=C(NCCCCCc1nc(-c2ccc(OC)cc2)no1)N1CCCC(C)C1. The largest absolute Gasteiger partial charge is 0.497 e. The quantitative estimate of drug-likeness (QED) is 0.414. The van der Waals surface area contributed by atoms with Crippen LogP contribution in [0.3, 0.4) is 0 Å². The van der Waals surface area contributed by atoms with Gasteiger partial charge in [0.05, 0.1) is 7.11 Å². The number of aliphatic imine (C=N–C) groups is 1. The molecule has 1 aliphatic rings. The molecular formula is C22H33N5O2. The molecule has 1 aliphatic heterocycles. The molecule has 3 rings (SSSR count). The number of unbranched alkanes of at least 4 members (excludes halogenated alkanes) is 2. The van der Waals surface area contributed by atoms with Crippen molar-refractivity contribution in [3.8, 4) is 17.1 Å². The molecule has 1 saturated heterocycles. The van der Waals surface area contributed by atoms with Gasteiger partial charge in [0.2, 0.25) is 11.7 Å². The zero-order valence-corrected chi connectivity index (χ0v) is 17.9. The monoisotopic (exact) mass is 399 g/mol. The average molecular weight is 400 g/mol. The Hall–Kier alpha value is -2.57. The highest BCUT2D eigenvalue weighted by Crippen LogP contribution is 2.20. The molecule has 7 nitrogen and oxygen atoms in total. The number of ether oxygens (including phenoxy) is 1. The molecule has 0 saturated carbocycles. The Morgan fingerprint density at radius 1 is 1.28 bits per heavy atom. The molecule has 2 heterocycles. The van der Waals surface area contributed by atoms with Crippen molar-refractivity contribution < 1.29 is 9.26 Å². The van der Waals surface area contributed by atoms with Crippen LogP contribution < -0.4 is 10.1 Å². The van der Waals surface area contributed by atoms with E-state index in [0.29, 0.717) is 11.7 Å². The number of aromatic nitrogens is 2. The molecule has 1 fully saturated rings. The Kier molecular flexibility index (Phi) is 7.90. The van der Waals surface area contributed by atoms with E-state index in [9.17, 15) is 0 Å². The summed E-state index contributed by atoms with van der Waals surface area (Å²) in [7, 11) is 3.53. The maximum Gasteiger partial charge on any atom is 0.226 e. The maximum absolute atomic E-state index is 5.39. The van der Waals surface area contributed by atoms with Gasteiger partial charge in [-0.3, -0.25) is 4.99 Å². The molecule has 1 atom stereocenters. The van der Waals surface area contributed by atoms with Crippen LogP contribution in [0.15, 0.2) is 33.8 Å². The van der Waals surface area contributed by atoms with E-state index in [4.69, 9.17) is 9.26 Å². The summed E-state index contributed by atoms with van der Waals surface area (Å²) in [6.45, 7) is 5.47. The lowest BCUT2D eigenvalue weighted by Crippen LogP contribution is -2.46. The molecule has 0 radical (unpaired) electrons. The van der Waals surface area contributed by atoms with E-state index in [0.717, 1.165) is 68.5 Å². The van der Waals surface area contributed by atoms with Crippen LogP contribution in [-0.4, -0.2) is 54.8 Å². The standard InChI is InChI=1S/C22H33N5O2/c1-17-8-7-15-27(16-17)22(23-2)24-14-6-4-5-9-20-25-21(26-29-20)18-10-12-19(28-3)13-11-18/h10-13,17H,4-9,14-16H2,1-3H3,(H,23,24). The smallest absolute Gasteiger partial charge is 0.226 e.